The molecule has 0 aliphatic heterocycles. The molecule has 0 saturated carbocycles. The molecule has 1 aromatic rings. The van der Waals surface area contributed by atoms with Crippen molar-refractivity contribution in [3.63, 3.8) is 0 Å². The number of amides is 1. The molecule has 0 aromatic heterocycles. The Labute approximate surface area is 161 Å². The topological polar surface area (TPSA) is 97.6 Å². The van der Waals surface area contributed by atoms with Crippen LogP contribution in [0.15, 0.2) is 24.3 Å². The van der Waals surface area contributed by atoms with Gasteiger partial charge in [0, 0.05) is 11.6 Å². The summed E-state index contributed by atoms with van der Waals surface area (Å²) in [5.74, 6) is -1.83. The fraction of sp³-hybridized carbons (Fsp3) is 0.421. The minimum atomic E-state index is -3.07. The third-order valence-corrected chi connectivity index (χ3v) is 3.97. The number of nitriles is 1. The van der Waals surface area contributed by atoms with Gasteiger partial charge < -0.3 is 19.5 Å². The standard InChI is InChI=1S/C19H22F2N2O5/c1-12(2)19(3,11-22)23-15(24)10-27-16(25)9-8-13-6-5-7-14(26-4)17(13)28-18(20)21/h5-9,12,18H,10H2,1-4H3,(H,23,24)/b9-8+/t19-/m0/s1. The fourth-order valence-electron chi connectivity index (χ4n) is 2.01. The molecule has 0 spiro atoms. The van der Waals surface area contributed by atoms with Crippen molar-refractivity contribution in [2.45, 2.75) is 32.9 Å². The Morgan fingerprint density at radius 3 is 2.57 bits per heavy atom. The number of esters is 1. The molecule has 1 rings (SSSR count). The molecule has 0 heterocycles. The van der Waals surface area contributed by atoms with Crippen molar-refractivity contribution in [2.24, 2.45) is 5.92 Å². The number of carbonyl (C=O) groups excluding carboxylic acids is 2. The number of nitrogens with one attached hydrogen (secondary N) is 1. The maximum absolute atomic E-state index is 12.6. The van der Waals surface area contributed by atoms with E-state index in [1.807, 2.05) is 6.07 Å². The van der Waals surface area contributed by atoms with Crippen LogP contribution in [0.4, 0.5) is 8.78 Å². The van der Waals surface area contributed by atoms with Crippen LogP contribution in [0.25, 0.3) is 6.08 Å². The molecule has 0 radical (unpaired) electrons. The van der Waals surface area contributed by atoms with Gasteiger partial charge in [0.05, 0.1) is 13.2 Å². The van der Waals surface area contributed by atoms with E-state index in [0.29, 0.717) is 0 Å². The first-order valence-corrected chi connectivity index (χ1v) is 8.31. The summed E-state index contributed by atoms with van der Waals surface area (Å²) in [6.45, 7) is 1.43. The molecule has 9 heteroatoms. The fourth-order valence-corrected chi connectivity index (χ4v) is 2.01. The summed E-state index contributed by atoms with van der Waals surface area (Å²) in [5, 5.41) is 11.7. The minimum absolute atomic E-state index is 0.0691. The van der Waals surface area contributed by atoms with Crippen molar-refractivity contribution < 1.29 is 32.6 Å². The lowest BCUT2D eigenvalue weighted by Gasteiger charge is -2.27. The smallest absolute Gasteiger partial charge is 0.387 e. The van der Waals surface area contributed by atoms with E-state index in [4.69, 9.17) is 14.7 Å². The first-order chi connectivity index (χ1) is 13.1. The third-order valence-electron chi connectivity index (χ3n) is 3.97. The van der Waals surface area contributed by atoms with Crippen LogP contribution in [0.5, 0.6) is 11.5 Å². The van der Waals surface area contributed by atoms with E-state index in [1.54, 1.807) is 20.8 Å². The largest absolute Gasteiger partial charge is 0.493 e. The quantitative estimate of drug-likeness (QED) is 0.509. The minimum Gasteiger partial charge on any atom is -0.493 e. The summed E-state index contributed by atoms with van der Waals surface area (Å²) in [6.07, 6.45) is 2.17. The summed E-state index contributed by atoms with van der Waals surface area (Å²) in [7, 11) is 1.29. The Kier molecular flexibility index (Phi) is 8.38. The lowest BCUT2D eigenvalue weighted by Crippen LogP contribution is -2.50. The molecule has 0 saturated heterocycles. The van der Waals surface area contributed by atoms with Gasteiger partial charge in [-0.1, -0.05) is 26.0 Å². The molecule has 0 aliphatic rings. The highest BCUT2D eigenvalue weighted by Crippen LogP contribution is 2.33. The summed E-state index contributed by atoms with van der Waals surface area (Å²) < 4.78 is 39.4. The molecule has 7 nitrogen and oxygen atoms in total. The van der Waals surface area contributed by atoms with Crippen LogP contribution in [0.1, 0.15) is 26.3 Å². The predicted molar refractivity (Wildman–Crippen MR) is 96.6 cm³/mol. The number of halogens is 2. The van der Waals surface area contributed by atoms with Crippen molar-refractivity contribution in [2.75, 3.05) is 13.7 Å². The number of ether oxygens (including phenoxy) is 3. The number of carbonyl (C=O) groups is 2. The Morgan fingerprint density at radius 2 is 2.04 bits per heavy atom. The molecule has 0 aliphatic carbocycles. The SMILES string of the molecule is COc1cccc(/C=C/C(=O)OCC(=O)N[C@@](C)(C#N)C(C)C)c1OC(F)F. The van der Waals surface area contributed by atoms with Crippen LogP contribution >= 0.6 is 0 Å². The normalized spacial score (nSPS) is 13.1. The highest BCUT2D eigenvalue weighted by atomic mass is 19.3. The second-order valence-corrected chi connectivity index (χ2v) is 6.22. The molecule has 1 atom stereocenters. The van der Waals surface area contributed by atoms with E-state index in [-0.39, 0.29) is 23.0 Å². The Balaban J connectivity index is 2.75. The maximum atomic E-state index is 12.6. The van der Waals surface area contributed by atoms with Gasteiger partial charge in [-0.05, 0) is 25.0 Å². The first-order valence-electron chi connectivity index (χ1n) is 8.31. The van der Waals surface area contributed by atoms with E-state index in [1.165, 1.54) is 31.4 Å². The Bertz CT molecular complexity index is 774. The van der Waals surface area contributed by atoms with Crippen molar-refractivity contribution in [1.82, 2.24) is 5.32 Å². The molecular weight excluding hydrogens is 374 g/mol. The van der Waals surface area contributed by atoms with E-state index < -0.39 is 30.6 Å². The number of hydrogen-bond acceptors (Lipinski definition) is 6. The zero-order valence-corrected chi connectivity index (χ0v) is 16.0. The second kappa shape index (κ2) is 10.3. The lowest BCUT2D eigenvalue weighted by atomic mass is 9.90. The van der Waals surface area contributed by atoms with Gasteiger partial charge in [-0.2, -0.15) is 14.0 Å². The molecular formula is C19H22F2N2O5. The lowest BCUT2D eigenvalue weighted by molar-refractivity contribution is -0.144. The maximum Gasteiger partial charge on any atom is 0.387 e. The number of hydrogen-bond donors (Lipinski definition) is 1. The average Bonchev–Trinajstić information content (AvgIpc) is 2.64. The van der Waals surface area contributed by atoms with Crippen LogP contribution in [-0.2, 0) is 14.3 Å². The van der Waals surface area contributed by atoms with E-state index in [9.17, 15) is 18.4 Å². The highest BCUT2D eigenvalue weighted by molar-refractivity contribution is 5.90. The van der Waals surface area contributed by atoms with Gasteiger partial charge in [0.1, 0.15) is 5.54 Å². The van der Waals surface area contributed by atoms with Crippen molar-refractivity contribution in [3.05, 3.63) is 29.8 Å². The van der Waals surface area contributed by atoms with Gasteiger partial charge in [-0.25, -0.2) is 4.79 Å². The molecule has 28 heavy (non-hydrogen) atoms. The highest BCUT2D eigenvalue weighted by Gasteiger charge is 2.30. The molecule has 1 amide bonds. The summed E-state index contributed by atoms with van der Waals surface area (Å²) >= 11 is 0. The number of nitrogens with zero attached hydrogens (tertiary/aromatic N) is 1. The van der Waals surface area contributed by atoms with Crippen LogP contribution in [0, 0.1) is 17.2 Å². The number of methoxy groups -OCH3 is 1. The van der Waals surface area contributed by atoms with Gasteiger partial charge in [-0.15, -0.1) is 0 Å². The average molecular weight is 396 g/mol. The number of alkyl halides is 2. The number of benzene rings is 1. The number of para-hydroxylation sites is 1. The van der Waals surface area contributed by atoms with Crippen LogP contribution < -0.4 is 14.8 Å². The van der Waals surface area contributed by atoms with E-state index in [2.05, 4.69) is 10.1 Å². The molecule has 152 valence electrons. The van der Waals surface area contributed by atoms with Crippen LogP contribution in [0.3, 0.4) is 0 Å². The van der Waals surface area contributed by atoms with Crippen LogP contribution in [0.2, 0.25) is 0 Å². The molecule has 1 N–H and O–H groups in total. The predicted octanol–water partition coefficient (Wildman–Crippen LogP) is 2.91. The summed E-state index contributed by atoms with van der Waals surface area (Å²) in [5.41, 5.74) is -0.931. The molecule has 1 aromatic carbocycles. The van der Waals surface area contributed by atoms with Crippen molar-refractivity contribution >= 4 is 18.0 Å². The Morgan fingerprint density at radius 1 is 1.36 bits per heavy atom. The van der Waals surface area contributed by atoms with E-state index in [0.717, 1.165) is 6.08 Å². The van der Waals surface area contributed by atoms with Crippen molar-refractivity contribution in [3.8, 4) is 17.6 Å². The van der Waals surface area contributed by atoms with Crippen LogP contribution in [-0.4, -0.2) is 37.7 Å². The zero-order valence-electron chi connectivity index (χ0n) is 16.0. The van der Waals surface area contributed by atoms with Gasteiger partial charge in [0.15, 0.2) is 18.1 Å². The molecule has 0 fully saturated rings. The second-order valence-electron chi connectivity index (χ2n) is 6.22. The number of rotatable bonds is 9. The first kappa shape index (κ1) is 22.9. The summed E-state index contributed by atoms with van der Waals surface area (Å²) in [6, 6.07) is 6.41. The van der Waals surface area contributed by atoms with E-state index >= 15 is 0 Å². The molecule has 0 bridgehead atoms. The Hall–Kier alpha value is -3.15. The third kappa shape index (κ3) is 6.54. The monoisotopic (exact) mass is 396 g/mol. The van der Waals surface area contributed by atoms with Gasteiger partial charge in [0.2, 0.25) is 0 Å². The van der Waals surface area contributed by atoms with Crippen molar-refractivity contribution in [1.29, 1.82) is 5.26 Å². The summed E-state index contributed by atoms with van der Waals surface area (Å²) in [4.78, 5) is 23.7. The van der Waals surface area contributed by atoms with Gasteiger partial charge in [-0.3, -0.25) is 4.79 Å². The van der Waals surface area contributed by atoms with Gasteiger partial charge >= 0.3 is 12.6 Å². The molecule has 0 unspecified atom stereocenters. The van der Waals surface area contributed by atoms with Gasteiger partial charge in [0.25, 0.3) is 5.91 Å². The zero-order chi connectivity index (χ0) is 21.3.